The van der Waals surface area contributed by atoms with Crippen LogP contribution in [0.25, 0.3) is 11.2 Å². The molecule has 122 valence electrons. The van der Waals surface area contributed by atoms with E-state index in [0.29, 0.717) is 11.2 Å². The van der Waals surface area contributed by atoms with Gasteiger partial charge >= 0.3 is 7.60 Å². The van der Waals surface area contributed by atoms with Gasteiger partial charge in [0.25, 0.3) is 0 Å². The second-order valence-corrected chi connectivity index (χ2v) is 6.57. The number of anilines is 1. The molecule has 2 rings (SSSR count). The van der Waals surface area contributed by atoms with Crippen molar-refractivity contribution in [1.82, 2.24) is 19.5 Å². The largest absolute Gasteiger partial charge is 0.382 e. The van der Waals surface area contributed by atoms with Gasteiger partial charge in [-0.15, -0.1) is 0 Å². The molecule has 2 heterocycles. The highest BCUT2D eigenvalue weighted by Crippen LogP contribution is 2.53. The van der Waals surface area contributed by atoms with E-state index in [2.05, 4.69) is 15.0 Å². The Hall–Kier alpha value is -1.54. The Balaban J connectivity index is 2.32. The number of aromatic nitrogens is 4. The Labute approximate surface area is 128 Å². The molecule has 2 N–H and O–H groups in total. The van der Waals surface area contributed by atoms with Crippen LogP contribution in [-0.4, -0.2) is 45.7 Å². The summed E-state index contributed by atoms with van der Waals surface area (Å²) < 4.78 is 30.5. The number of ether oxygens (including phenoxy) is 1. The van der Waals surface area contributed by atoms with Gasteiger partial charge in [0, 0.05) is 7.11 Å². The molecule has 9 nitrogen and oxygen atoms in total. The molecule has 0 aliphatic rings. The minimum atomic E-state index is -3.41. The van der Waals surface area contributed by atoms with Crippen molar-refractivity contribution in [1.29, 1.82) is 0 Å². The standard InChI is InChI=1S/C12H20N5O4P/c1-4-20-22(18,21-5-2)9(19-3)6-17-8-16-10-11(13)14-7-15-12(10)17/h7-9H,4-6H2,1-3H3,(H2,13,14,15). The highest BCUT2D eigenvalue weighted by Gasteiger charge is 2.36. The van der Waals surface area contributed by atoms with Crippen LogP contribution in [0.15, 0.2) is 12.7 Å². The fourth-order valence-corrected chi connectivity index (χ4v) is 3.83. The van der Waals surface area contributed by atoms with Crippen LogP contribution < -0.4 is 5.73 Å². The van der Waals surface area contributed by atoms with E-state index in [-0.39, 0.29) is 25.6 Å². The zero-order valence-corrected chi connectivity index (χ0v) is 13.7. The predicted octanol–water partition coefficient (Wildman–Crippen LogP) is 1.65. The van der Waals surface area contributed by atoms with Crippen LogP contribution in [-0.2, 0) is 24.9 Å². The SMILES string of the molecule is CCOP(=O)(OCC)C(Cn1cnc2c(N)ncnc21)OC. The minimum Gasteiger partial charge on any atom is -0.382 e. The van der Waals surface area contributed by atoms with Crippen molar-refractivity contribution >= 4 is 24.6 Å². The normalized spacial score (nSPS) is 13.6. The van der Waals surface area contributed by atoms with Crippen LogP contribution in [0.5, 0.6) is 0 Å². The zero-order valence-electron chi connectivity index (χ0n) is 12.8. The summed E-state index contributed by atoms with van der Waals surface area (Å²) in [6, 6.07) is 0. The summed E-state index contributed by atoms with van der Waals surface area (Å²) >= 11 is 0. The lowest BCUT2D eigenvalue weighted by molar-refractivity contribution is 0.0988. The van der Waals surface area contributed by atoms with Gasteiger partial charge in [-0.3, -0.25) is 4.57 Å². The maximum absolute atomic E-state index is 12.8. The number of nitrogen functional groups attached to an aromatic ring is 1. The van der Waals surface area contributed by atoms with Crippen molar-refractivity contribution < 1.29 is 18.3 Å². The monoisotopic (exact) mass is 329 g/mol. The second-order valence-electron chi connectivity index (χ2n) is 4.39. The van der Waals surface area contributed by atoms with Crippen LogP contribution in [0, 0.1) is 0 Å². The van der Waals surface area contributed by atoms with Crippen molar-refractivity contribution in [3.05, 3.63) is 12.7 Å². The van der Waals surface area contributed by atoms with Crippen LogP contribution in [0.2, 0.25) is 0 Å². The molecular formula is C12H20N5O4P. The first kappa shape index (κ1) is 16.8. The van der Waals surface area contributed by atoms with E-state index >= 15 is 0 Å². The molecule has 0 saturated carbocycles. The molecule has 0 bridgehead atoms. The molecule has 0 radical (unpaired) electrons. The fourth-order valence-electron chi connectivity index (χ4n) is 2.07. The third-order valence-electron chi connectivity index (χ3n) is 3.03. The lowest BCUT2D eigenvalue weighted by atomic mass is 10.5. The zero-order chi connectivity index (χ0) is 16.2. The molecule has 0 fully saturated rings. The maximum atomic E-state index is 12.8. The Morgan fingerprint density at radius 3 is 2.55 bits per heavy atom. The van der Waals surface area contributed by atoms with Gasteiger partial charge in [-0.05, 0) is 13.8 Å². The van der Waals surface area contributed by atoms with E-state index in [0.717, 1.165) is 0 Å². The number of hydrogen-bond donors (Lipinski definition) is 1. The fraction of sp³-hybridized carbons (Fsp3) is 0.583. The third kappa shape index (κ3) is 3.27. The van der Waals surface area contributed by atoms with E-state index < -0.39 is 13.4 Å². The maximum Gasteiger partial charge on any atom is 0.360 e. The van der Waals surface area contributed by atoms with Gasteiger partial charge in [0.2, 0.25) is 0 Å². The summed E-state index contributed by atoms with van der Waals surface area (Å²) in [5, 5.41) is 0. The first-order valence-corrected chi connectivity index (χ1v) is 8.49. The molecule has 2 aromatic rings. The highest BCUT2D eigenvalue weighted by molar-refractivity contribution is 7.54. The van der Waals surface area contributed by atoms with Crippen LogP contribution >= 0.6 is 7.60 Å². The molecule has 0 aromatic carbocycles. The topological polar surface area (TPSA) is 114 Å². The first-order valence-electron chi connectivity index (χ1n) is 6.88. The smallest absolute Gasteiger partial charge is 0.360 e. The number of imidazole rings is 1. The molecular weight excluding hydrogens is 309 g/mol. The van der Waals surface area contributed by atoms with Crippen molar-refractivity contribution in [3.63, 3.8) is 0 Å². The number of nitrogens with zero attached hydrogens (tertiary/aromatic N) is 4. The van der Waals surface area contributed by atoms with Crippen molar-refractivity contribution in [2.24, 2.45) is 0 Å². The number of methoxy groups -OCH3 is 1. The Bertz CT molecular complexity index is 667. The Morgan fingerprint density at radius 1 is 1.27 bits per heavy atom. The lowest BCUT2D eigenvalue weighted by Gasteiger charge is -2.25. The average molecular weight is 329 g/mol. The Kier molecular flexibility index (Phi) is 5.47. The predicted molar refractivity (Wildman–Crippen MR) is 81.4 cm³/mol. The van der Waals surface area contributed by atoms with Crippen LogP contribution in [0.1, 0.15) is 13.8 Å². The van der Waals surface area contributed by atoms with Gasteiger partial charge in [-0.1, -0.05) is 0 Å². The third-order valence-corrected chi connectivity index (χ3v) is 5.34. The van der Waals surface area contributed by atoms with Gasteiger partial charge in [0.05, 0.1) is 26.1 Å². The van der Waals surface area contributed by atoms with Crippen molar-refractivity contribution in [2.75, 3.05) is 26.1 Å². The molecule has 0 amide bonds. The van der Waals surface area contributed by atoms with E-state index in [9.17, 15) is 4.57 Å². The van der Waals surface area contributed by atoms with Gasteiger partial charge < -0.3 is 24.1 Å². The summed E-state index contributed by atoms with van der Waals surface area (Å²) in [6.07, 6.45) is 2.90. The van der Waals surface area contributed by atoms with Crippen molar-refractivity contribution in [3.8, 4) is 0 Å². The quantitative estimate of drug-likeness (QED) is 0.727. The van der Waals surface area contributed by atoms with E-state index in [1.54, 1.807) is 24.7 Å². The molecule has 2 aromatic heterocycles. The molecule has 0 spiro atoms. The van der Waals surface area contributed by atoms with E-state index in [1.807, 2.05) is 0 Å². The summed E-state index contributed by atoms with van der Waals surface area (Å²) in [7, 11) is -1.95. The van der Waals surface area contributed by atoms with Gasteiger partial charge in [-0.2, -0.15) is 0 Å². The number of rotatable bonds is 8. The summed E-state index contributed by atoms with van der Waals surface area (Å²) in [6.45, 7) is 4.23. The van der Waals surface area contributed by atoms with Gasteiger partial charge in [0.15, 0.2) is 17.3 Å². The van der Waals surface area contributed by atoms with E-state index in [4.69, 9.17) is 19.5 Å². The molecule has 22 heavy (non-hydrogen) atoms. The number of nitrogens with two attached hydrogens (primary N) is 1. The minimum absolute atomic E-state index is 0.209. The van der Waals surface area contributed by atoms with Crippen LogP contribution in [0.4, 0.5) is 5.82 Å². The molecule has 0 aliphatic heterocycles. The Morgan fingerprint density at radius 2 is 1.95 bits per heavy atom. The van der Waals surface area contributed by atoms with Crippen molar-refractivity contribution in [2.45, 2.75) is 26.2 Å². The number of hydrogen-bond acceptors (Lipinski definition) is 8. The van der Waals surface area contributed by atoms with Crippen LogP contribution in [0.3, 0.4) is 0 Å². The highest BCUT2D eigenvalue weighted by atomic mass is 31.2. The summed E-state index contributed by atoms with van der Waals surface area (Å²) in [4.78, 5) is 12.2. The summed E-state index contributed by atoms with van der Waals surface area (Å²) in [5.74, 6) is -0.489. The molecule has 10 heteroatoms. The molecule has 1 atom stereocenters. The van der Waals surface area contributed by atoms with E-state index in [1.165, 1.54) is 13.4 Å². The van der Waals surface area contributed by atoms with Gasteiger partial charge in [-0.25, -0.2) is 15.0 Å². The van der Waals surface area contributed by atoms with Gasteiger partial charge in [0.1, 0.15) is 11.8 Å². The number of fused-ring (bicyclic) bond motifs is 1. The second kappa shape index (κ2) is 7.15. The molecule has 1 unspecified atom stereocenters. The molecule has 0 aliphatic carbocycles. The average Bonchev–Trinajstić information content (AvgIpc) is 2.89. The first-order chi connectivity index (χ1) is 10.6. The molecule has 0 saturated heterocycles. The summed E-state index contributed by atoms with van der Waals surface area (Å²) in [5.41, 5.74) is 6.77. The lowest BCUT2D eigenvalue weighted by Crippen LogP contribution is -2.21.